The molecule has 1 amide bonds. The summed E-state index contributed by atoms with van der Waals surface area (Å²) in [5.74, 6) is 0.471. The number of aromatic amines is 1. The molecule has 0 bridgehead atoms. The Balaban J connectivity index is 1.78. The fraction of sp³-hybridized carbons (Fsp3) is 0.471. The molecule has 1 aliphatic carbocycles. The Morgan fingerprint density at radius 2 is 2.12 bits per heavy atom. The first-order chi connectivity index (χ1) is 11.3. The molecular formula is C17H23N3O3S. The van der Waals surface area contributed by atoms with Crippen LogP contribution >= 0.6 is 0 Å². The van der Waals surface area contributed by atoms with Gasteiger partial charge in [-0.2, -0.15) is 0 Å². The first-order valence-corrected chi connectivity index (χ1v) is 10.1. The summed E-state index contributed by atoms with van der Waals surface area (Å²) >= 11 is 0. The van der Waals surface area contributed by atoms with Gasteiger partial charge in [0.15, 0.2) is 0 Å². The predicted octanol–water partition coefficient (Wildman–Crippen LogP) is 1.57. The molecule has 0 spiro atoms. The Labute approximate surface area is 142 Å². The van der Waals surface area contributed by atoms with Gasteiger partial charge in [0.05, 0.1) is 17.3 Å². The van der Waals surface area contributed by atoms with Crippen LogP contribution in [0.3, 0.4) is 0 Å². The van der Waals surface area contributed by atoms with Gasteiger partial charge in [-0.3, -0.25) is 4.79 Å². The molecular weight excluding hydrogens is 326 g/mol. The van der Waals surface area contributed by atoms with E-state index in [-0.39, 0.29) is 19.0 Å². The number of hydrogen-bond acceptors (Lipinski definition) is 3. The topological polar surface area (TPSA) is 91.1 Å². The van der Waals surface area contributed by atoms with Crippen molar-refractivity contribution in [2.45, 2.75) is 26.2 Å². The number of aromatic nitrogens is 1. The Hall–Kier alpha value is -1.86. The monoisotopic (exact) mass is 349 g/mol. The van der Waals surface area contributed by atoms with Crippen molar-refractivity contribution in [3.63, 3.8) is 0 Å². The lowest BCUT2D eigenvalue weighted by Gasteiger charge is -2.17. The van der Waals surface area contributed by atoms with Crippen molar-refractivity contribution in [1.29, 1.82) is 0 Å². The minimum Gasteiger partial charge on any atom is -0.358 e. The van der Waals surface area contributed by atoms with E-state index in [1.807, 2.05) is 6.07 Å². The van der Waals surface area contributed by atoms with Crippen LogP contribution in [0.1, 0.15) is 35.0 Å². The van der Waals surface area contributed by atoms with Crippen LogP contribution in [0, 0.1) is 5.92 Å². The standard InChI is InChI=1S/C17H23N3O3S/c1-11-6-7-15-14(10-11)12-4-3-5-13(16(12)20-15)17(21)18-8-9-19-24(2,22)23/h3-5,11,19-20H,6-10H2,1-2H3,(H,18,21)/t11-/m0/s1. The summed E-state index contributed by atoms with van der Waals surface area (Å²) in [6.45, 7) is 2.69. The summed E-state index contributed by atoms with van der Waals surface area (Å²) in [6.07, 6.45) is 4.32. The SMILES string of the molecule is C[C@H]1CCc2[nH]c3c(C(=O)NCCNS(C)(=O)=O)cccc3c2C1. The summed E-state index contributed by atoms with van der Waals surface area (Å²) < 4.78 is 24.4. The summed E-state index contributed by atoms with van der Waals surface area (Å²) in [7, 11) is -3.24. The van der Waals surface area contributed by atoms with E-state index < -0.39 is 10.0 Å². The summed E-state index contributed by atoms with van der Waals surface area (Å²) in [6, 6.07) is 5.76. The number of benzene rings is 1. The molecule has 24 heavy (non-hydrogen) atoms. The molecule has 0 unspecified atom stereocenters. The minimum absolute atomic E-state index is 0.180. The molecule has 1 aliphatic rings. The third-order valence-corrected chi connectivity index (χ3v) is 5.22. The van der Waals surface area contributed by atoms with E-state index in [9.17, 15) is 13.2 Å². The molecule has 6 nitrogen and oxygen atoms in total. The van der Waals surface area contributed by atoms with Crippen LogP contribution < -0.4 is 10.0 Å². The number of carbonyl (C=O) groups excluding carboxylic acids is 1. The van der Waals surface area contributed by atoms with E-state index in [0.717, 1.165) is 30.0 Å². The van der Waals surface area contributed by atoms with Gasteiger partial charge in [-0.1, -0.05) is 19.1 Å². The molecule has 0 radical (unpaired) electrons. The molecule has 0 aliphatic heterocycles. The van der Waals surface area contributed by atoms with Gasteiger partial charge in [-0.15, -0.1) is 0 Å². The second kappa shape index (κ2) is 6.57. The van der Waals surface area contributed by atoms with E-state index in [1.165, 1.54) is 17.7 Å². The number of aryl methyl sites for hydroxylation is 1. The fourth-order valence-corrected chi connectivity index (χ4v) is 3.78. The van der Waals surface area contributed by atoms with Gasteiger partial charge in [-0.25, -0.2) is 13.1 Å². The van der Waals surface area contributed by atoms with E-state index in [0.29, 0.717) is 11.5 Å². The first kappa shape index (κ1) is 17.0. The number of nitrogens with one attached hydrogen (secondary N) is 3. The highest BCUT2D eigenvalue weighted by Crippen LogP contribution is 2.32. The molecule has 2 aromatic rings. The number of hydrogen-bond donors (Lipinski definition) is 3. The number of amides is 1. The van der Waals surface area contributed by atoms with Gasteiger partial charge in [0, 0.05) is 24.2 Å². The average molecular weight is 349 g/mol. The highest BCUT2D eigenvalue weighted by molar-refractivity contribution is 7.88. The average Bonchev–Trinajstić information content (AvgIpc) is 2.88. The molecule has 3 rings (SSSR count). The number of carbonyl (C=O) groups is 1. The number of rotatable bonds is 5. The first-order valence-electron chi connectivity index (χ1n) is 8.20. The lowest BCUT2D eigenvalue weighted by molar-refractivity contribution is 0.0956. The van der Waals surface area contributed by atoms with Crippen molar-refractivity contribution in [3.8, 4) is 0 Å². The van der Waals surface area contributed by atoms with Crippen LogP contribution in [-0.2, 0) is 22.9 Å². The molecule has 1 aromatic carbocycles. The Kier molecular flexibility index (Phi) is 4.64. The van der Waals surface area contributed by atoms with Gasteiger partial charge < -0.3 is 10.3 Å². The zero-order valence-electron chi connectivity index (χ0n) is 14.0. The van der Waals surface area contributed by atoms with Crippen LogP contribution in [0.15, 0.2) is 18.2 Å². The van der Waals surface area contributed by atoms with Crippen LogP contribution in [0.25, 0.3) is 10.9 Å². The van der Waals surface area contributed by atoms with Gasteiger partial charge in [0.25, 0.3) is 5.91 Å². The van der Waals surface area contributed by atoms with Gasteiger partial charge in [0.1, 0.15) is 0 Å². The second-order valence-electron chi connectivity index (χ2n) is 6.58. The number of H-pyrrole nitrogens is 1. The Bertz CT molecular complexity index is 871. The van der Waals surface area contributed by atoms with Crippen LogP contribution in [-0.4, -0.2) is 38.7 Å². The molecule has 130 valence electrons. The lowest BCUT2D eigenvalue weighted by Crippen LogP contribution is -2.34. The second-order valence-corrected chi connectivity index (χ2v) is 8.41. The maximum absolute atomic E-state index is 12.5. The van der Waals surface area contributed by atoms with Crippen molar-refractivity contribution in [2.24, 2.45) is 5.92 Å². The molecule has 1 atom stereocenters. The molecule has 7 heteroatoms. The highest BCUT2D eigenvalue weighted by atomic mass is 32.2. The Morgan fingerprint density at radius 3 is 2.88 bits per heavy atom. The zero-order chi connectivity index (χ0) is 17.3. The van der Waals surface area contributed by atoms with Crippen molar-refractivity contribution in [1.82, 2.24) is 15.0 Å². The van der Waals surface area contributed by atoms with Crippen molar-refractivity contribution in [2.75, 3.05) is 19.3 Å². The zero-order valence-corrected chi connectivity index (χ0v) is 14.8. The van der Waals surface area contributed by atoms with Gasteiger partial charge in [0.2, 0.25) is 10.0 Å². The van der Waals surface area contributed by atoms with Crippen molar-refractivity contribution < 1.29 is 13.2 Å². The molecule has 3 N–H and O–H groups in total. The predicted molar refractivity (Wildman–Crippen MR) is 94.7 cm³/mol. The molecule has 1 heterocycles. The summed E-state index contributed by atoms with van der Waals surface area (Å²) in [4.78, 5) is 15.9. The number of para-hydroxylation sites is 1. The lowest BCUT2D eigenvalue weighted by atomic mass is 9.87. The van der Waals surface area contributed by atoms with Crippen LogP contribution in [0.5, 0.6) is 0 Å². The maximum atomic E-state index is 12.5. The summed E-state index contributed by atoms with van der Waals surface area (Å²) in [5, 5.41) is 3.89. The number of sulfonamides is 1. The maximum Gasteiger partial charge on any atom is 0.253 e. The minimum atomic E-state index is -3.24. The molecule has 0 saturated heterocycles. The van der Waals surface area contributed by atoms with E-state index in [1.54, 1.807) is 6.07 Å². The Morgan fingerprint density at radius 1 is 1.33 bits per heavy atom. The smallest absolute Gasteiger partial charge is 0.253 e. The number of fused-ring (bicyclic) bond motifs is 3. The van der Waals surface area contributed by atoms with Crippen LogP contribution in [0.4, 0.5) is 0 Å². The quantitative estimate of drug-likeness (QED) is 0.716. The largest absolute Gasteiger partial charge is 0.358 e. The van der Waals surface area contributed by atoms with E-state index in [2.05, 4.69) is 28.0 Å². The normalized spacial score (nSPS) is 17.7. The molecule has 0 saturated carbocycles. The molecule has 1 aromatic heterocycles. The van der Waals surface area contributed by atoms with Crippen LogP contribution in [0.2, 0.25) is 0 Å². The van der Waals surface area contributed by atoms with Gasteiger partial charge >= 0.3 is 0 Å². The third-order valence-electron chi connectivity index (χ3n) is 4.49. The summed E-state index contributed by atoms with van der Waals surface area (Å²) in [5.41, 5.74) is 4.05. The van der Waals surface area contributed by atoms with Gasteiger partial charge in [-0.05, 0) is 36.8 Å². The molecule has 0 fully saturated rings. The van der Waals surface area contributed by atoms with E-state index in [4.69, 9.17) is 0 Å². The third kappa shape index (κ3) is 3.62. The van der Waals surface area contributed by atoms with Crippen molar-refractivity contribution in [3.05, 3.63) is 35.0 Å². The highest BCUT2D eigenvalue weighted by Gasteiger charge is 2.22. The fourth-order valence-electron chi connectivity index (χ4n) is 3.31. The van der Waals surface area contributed by atoms with E-state index >= 15 is 0 Å². The van der Waals surface area contributed by atoms with Crippen molar-refractivity contribution >= 4 is 26.8 Å².